The second-order valence-electron chi connectivity index (χ2n) is 13.9. The molecule has 0 unspecified atom stereocenters. The normalized spacial score (nSPS) is 12.2. The van der Waals surface area contributed by atoms with E-state index >= 15 is 0 Å². The van der Waals surface area contributed by atoms with Crippen molar-refractivity contribution in [3.05, 3.63) is 170 Å². The highest BCUT2D eigenvalue weighted by atomic mass is 32.1. The fraction of sp³-hybridized carbons (Fsp3) is 0. The van der Waals surface area contributed by atoms with Gasteiger partial charge in [0.2, 0.25) is 0 Å². The molecule has 0 saturated heterocycles. The molecule has 3 heterocycles. The van der Waals surface area contributed by atoms with Crippen molar-refractivity contribution in [1.82, 2.24) is 0 Å². The van der Waals surface area contributed by atoms with Crippen LogP contribution in [0, 0.1) is 0 Å². The number of benzene rings is 9. The first-order chi connectivity index (χ1) is 26.3. The molecule has 2 nitrogen and oxygen atoms in total. The minimum atomic E-state index is 0.886. The first-order valence-electron chi connectivity index (χ1n) is 18.0. The van der Waals surface area contributed by atoms with Crippen LogP contribution >= 0.6 is 11.3 Å². The van der Waals surface area contributed by atoms with Gasteiger partial charge in [-0.25, -0.2) is 0 Å². The van der Waals surface area contributed by atoms with Gasteiger partial charge in [-0.3, -0.25) is 0 Å². The highest BCUT2D eigenvalue weighted by molar-refractivity contribution is 7.26. The van der Waals surface area contributed by atoms with Crippen LogP contribution in [0.1, 0.15) is 0 Å². The van der Waals surface area contributed by atoms with Gasteiger partial charge in [0.1, 0.15) is 22.3 Å². The van der Waals surface area contributed by atoms with Crippen LogP contribution < -0.4 is 0 Å². The van der Waals surface area contributed by atoms with Crippen molar-refractivity contribution in [2.45, 2.75) is 0 Å². The van der Waals surface area contributed by atoms with Crippen molar-refractivity contribution < 1.29 is 8.83 Å². The quantitative estimate of drug-likeness (QED) is 0.172. The molecule has 3 aromatic heterocycles. The van der Waals surface area contributed by atoms with Gasteiger partial charge in [-0.2, -0.15) is 0 Å². The molecule has 0 bridgehead atoms. The third-order valence-corrected chi connectivity index (χ3v) is 12.3. The molecule has 0 fully saturated rings. The van der Waals surface area contributed by atoms with Gasteiger partial charge in [-0.05, 0) is 91.3 Å². The Kier molecular flexibility index (Phi) is 5.96. The van der Waals surface area contributed by atoms with Gasteiger partial charge in [-0.15, -0.1) is 11.3 Å². The summed E-state index contributed by atoms with van der Waals surface area (Å²) in [5.41, 5.74) is 10.8. The van der Waals surface area contributed by atoms with Gasteiger partial charge in [0.25, 0.3) is 0 Å². The maximum atomic E-state index is 6.74. The fourth-order valence-electron chi connectivity index (χ4n) is 8.83. The monoisotopic (exact) mass is 692 g/mol. The molecule has 0 N–H and O–H groups in total. The molecule has 53 heavy (non-hydrogen) atoms. The summed E-state index contributed by atoms with van der Waals surface area (Å²) in [6.45, 7) is 0. The van der Waals surface area contributed by atoms with Crippen LogP contribution in [0.25, 0.3) is 119 Å². The lowest BCUT2D eigenvalue weighted by Crippen LogP contribution is -1.92. The average Bonchev–Trinajstić information content (AvgIpc) is 3.91. The Labute approximate surface area is 307 Å². The van der Waals surface area contributed by atoms with Gasteiger partial charge in [0, 0.05) is 41.7 Å². The first-order valence-corrected chi connectivity index (χ1v) is 18.8. The summed E-state index contributed by atoms with van der Waals surface area (Å²) >= 11 is 1.83. The lowest BCUT2D eigenvalue weighted by Gasteiger charge is -2.19. The Hall–Kier alpha value is -6.68. The highest BCUT2D eigenvalue weighted by Gasteiger charge is 2.23. The van der Waals surface area contributed by atoms with Gasteiger partial charge in [-0.1, -0.05) is 133 Å². The van der Waals surface area contributed by atoms with Crippen LogP contribution in [0.2, 0.25) is 0 Å². The second-order valence-corrected chi connectivity index (χ2v) is 15.0. The van der Waals surface area contributed by atoms with E-state index in [4.69, 9.17) is 8.83 Å². The first kappa shape index (κ1) is 29.0. The molecule has 0 atom stereocenters. The second kappa shape index (κ2) is 10.9. The number of para-hydroxylation sites is 2. The zero-order chi connectivity index (χ0) is 34.6. The Morgan fingerprint density at radius 2 is 0.943 bits per heavy atom. The van der Waals surface area contributed by atoms with Crippen LogP contribution in [-0.2, 0) is 0 Å². The van der Waals surface area contributed by atoms with Crippen LogP contribution in [0.4, 0.5) is 0 Å². The van der Waals surface area contributed by atoms with Crippen LogP contribution in [0.3, 0.4) is 0 Å². The predicted octanol–water partition coefficient (Wildman–Crippen LogP) is 15.2. The molecule has 0 aliphatic rings. The Bertz CT molecular complexity index is 3390. The standard InChI is InChI=1S/C50H28O2S/c1-2-13-29(14-3-1)45-33-16-4-6-18-35(33)46(36-19-7-5-17-34(36)45)40-27-30(28-43-47(40)38-20-9-11-24-42(38)51-43)31-21-12-22-39-48-44(53-50(31)39)26-25-37-32-15-8-10-23-41(32)52-49(37)48/h1-28H. The SMILES string of the molecule is c1ccc(-c2c3ccccc3c(-c3cc(-c4cccc5c4sc4ccc6c7ccccc7oc6c45)cc4oc5ccccc5c34)c3ccccc23)cc1. The molecule has 0 radical (unpaired) electrons. The van der Waals surface area contributed by atoms with Crippen LogP contribution in [0.5, 0.6) is 0 Å². The molecule has 246 valence electrons. The van der Waals surface area contributed by atoms with Crippen molar-refractivity contribution in [3.8, 4) is 33.4 Å². The van der Waals surface area contributed by atoms with E-state index in [1.54, 1.807) is 0 Å². The molecule has 0 amide bonds. The summed E-state index contributed by atoms with van der Waals surface area (Å²) in [6.07, 6.45) is 0. The van der Waals surface area contributed by atoms with E-state index in [1.807, 2.05) is 17.4 Å². The predicted molar refractivity (Wildman–Crippen MR) is 225 cm³/mol. The molecule has 0 aliphatic heterocycles. The van der Waals surface area contributed by atoms with Crippen molar-refractivity contribution in [1.29, 1.82) is 0 Å². The zero-order valence-corrected chi connectivity index (χ0v) is 29.2. The number of thiophene rings is 1. The molecule has 3 heteroatoms. The lowest BCUT2D eigenvalue weighted by atomic mass is 9.84. The van der Waals surface area contributed by atoms with Crippen molar-refractivity contribution >= 4 is 96.9 Å². The summed E-state index contributed by atoms with van der Waals surface area (Å²) in [6, 6.07) is 61.2. The zero-order valence-electron chi connectivity index (χ0n) is 28.4. The Morgan fingerprint density at radius 1 is 0.340 bits per heavy atom. The smallest absolute Gasteiger partial charge is 0.144 e. The van der Waals surface area contributed by atoms with E-state index in [0.29, 0.717) is 0 Å². The van der Waals surface area contributed by atoms with Gasteiger partial charge < -0.3 is 8.83 Å². The molecular weight excluding hydrogens is 665 g/mol. The molecule has 12 rings (SSSR count). The minimum absolute atomic E-state index is 0.886. The average molecular weight is 693 g/mol. The van der Waals surface area contributed by atoms with Gasteiger partial charge in [0.15, 0.2) is 0 Å². The van der Waals surface area contributed by atoms with E-state index in [1.165, 1.54) is 69.5 Å². The van der Waals surface area contributed by atoms with Crippen molar-refractivity contribution in [2.24, 2.45) is 0 Å². The molecule has 12 aromatic rings. The molecule has 0 aliphatic carbocycles. The van der Waals surface area contributed by atoms with Gasteiger partial charge >= 0.3 is 0 Å². The topological polar surface area (TPSA) is 26.3 Å². The van der Waals surface area contributed by atoms with E-state index in [2.05, 4.69) is 164 Å². The molecule has 9 aromatic carbocycles. The summed E-state index contributed by atoms with van der Waals surface area (Å²) in [5.74, 6) is 0. The third-order valence-electron chi connectivity index (χ3n) is 11.1. The lowest BCUT2D eigenvalue weighted by molar-refractivity contribution is 0.669. The maximum Gasteiger partial charge on any atom is 0.144 e. The van der Waals surface area contributed by atoms with Crippen molar-refractivity contribution in [3.63, 3.8) is 0 Å². The summed E-state index contributed by atoms with van der Waals surface area (Å²) in [5, 5.41) is 11.9. The minimum Gasteiger partial charge on any atom is -0.456 e. The Morgan fingerprint density at radius 3 is 1.68 bits per heavy atom. The molecule has 0 spiro atoms. The van der Waals surface area contributed by atoms with Crippen LogP contribution in [-0.4, -0.2) is 0 Å². The van der Waals surface area contributed by atoms with E-state index < -0.39 is 0 Å². The van der Waals surface area contributed by atoms with E-state index in [0.717, 1.165) is 49.4 Å². The Balaban J connectivity index is 1.21. The van der Waals surface area contributed by atoms with Crippen molar-refractivity contribution in [2.75, 3.05) is 0 Å². The number of rotatable bonds is 3. The van der Waals surface area contributed by atoms with E-state index in [-0.39, 0.29) is 0 Å². The number of fused-ring (bicyclic) bond motifs is 12. The number of hydrogen-bond acceptors (Lipinski definition) is 3. The largest absolute Gasteiger partial charge is 0.456 e. The maximum absolute atomic E-state index is 6.74. The number of furan rings is 2. The number of hydrogen-bond donors (Lipinski definition) is 0. The fourth-order valence-corrected chi connectivity index (χ4v) is 10.1. The van der Waals surface area contributed by atoms with E-state index in [9.17, 15) is 0 Å². The summed E-state index contributed by atoms with van der Waals surface area (Å²) in [7, 11) is 0. The highest BCUT2D eigenvalue weighted by Crippen LogP contribution is 2.50. The summed E-state index contributed by atoms with van der Waals surface area (Å²) < 4.78 is 15.8. The summed E-state index contributed by atoms with van der Waals surface area (Å²) in [4.78, 5) is 0. The molecular formula is C50H28O2S. The third kappa shape index (κ3) is 4.08. The van der Waals surface area contributed by atoms with Gasteiger partial charge in [0.05, 0.1) is 0 Å². The molecule has 0 saturated carbocycles. The van der Waals surface area contributed by atoms with Crippen LogP contribution in [0.15, 0.2) is 179 Å².